The molecule has 1 aromatic heterocycles. The Morgan fingerprint density at radius 1 is 1.12 bits per heavy atom. The number of carbonyl (C=O) groups is 2. The summed E-state index contributed by atoms with van der Waals surface area (Å²) in [6.07, 6.45) is 1.15. The van der Waals surface area contributed by atoms with Crippen molar-refractivity contribution in [2.24, 2.45) is 7.05 Å². The third kappa shape index (κ3) is 3.41. The first-order chi connectivity index (χ1) is 11.9. The van der Waals surface area contributed by atoms with Gasteiger partial charge in [-0.3, -0.25) is 9.59 Å². The van der Waals surface area contributed by atoms with Crippen LogP contribution in [0.1, 0.15) is 45.2 Å². The largest absolute Gasteiger partial charge is 0.407 e. The molecule has 0 fully saturated rings. The quantitative estimate of drug-likeness (QED) is 0.598. The van der Waals surface area contributed by atoms with Crippen molar-refractivity contribution >= 4 is 21.6 Å². The van der Waals surface area contributed by atoms with Crippen molar-refractivity contribution in [1.82, 2.24) is 9.78 Å². The average Bonchev–Trinajstić information content (AvgIpc) is 2.74. The molecule has 0 aliphatic heterocycles. The summed E-state index contributed by atoms with van der Waals surface area (Å²) in [6, 6.07) is 1.56. The Labute approximate surface area is 152 Å². The maximum Gasteiger partial charge on any atom is 0.309 e. The lowest BCUT2D eigenvalue weighted by Gasteiger charge is -2.15. The molecule has 1 aromatic carbocycles. The van der Waals surface area contributed by atoms with Gasteiger partial charge in [0.05, 0.1) is 10.6 Å². The molecule has 0 N–H and O–H groups in total. The van der Waals surface area contributed by atoms with Crippen molar-refractivity contribution in [3.8, 4) is 5.88 Å². The predicted octanol–water partition coefficient (Wildman–Crippen LogP) is 2.21. The molecule has 0 bridgehead atoms. The van der Waals surface area contributed by atoms with Gasteiger partial charge in [-0.15, -0.1) is 0 Å². The van der Waals surface area contributed by atoms with Crippen LogP contribution in [0.3, 0.4) is 0 Å². The first-order valence-electron chi connectivity index (χ1n) is 7.93. The van der Waals surface area contributed by atoms with Crippen molar-refractivity contribution in [2.45, 2.75) is 39.5 Å². The van der Waals surface area contributed by atoms with Crippen LogP contribution in [0.25, 0.3) is 0 Å². The number of aromatic nitrogens is 2. The van der Waals surface area contributed by atoms with Crippen molar-refractivity contribution in [1.29, 1.82) is 0 Å². The summed E-state index contributed by atoms with van der Waals surface area (Å²) in [6.45, 7) is 7.94. The molecule has 8 heteroatoms. The second kappa shape index (κ2) is 6.68. The van der Waals surface area contributed by atoms with E-state index in [9.17, 15) is 18.0 Å². The number of carbonyl (C=O) groups excluding carboxylic acids is 2. The number of nitrogens with zero attached hydrogens (tertiary/aromatic N) is 2. The molecule has 0 spiro atoms. The van der Waals surface area contributed by atoms with Gasteiger partial charge in [0.25, 0.3) is 0 Å². The van der Waals surface area contributed by atoms with E-state index in [1.807, 2.05) is 0 Å². The highest BCUT2D eigenvalue weighted by atomic mass is 32.2. The molecular weight excluding hydrogens is 356 g/mol. The Balaban J connectivity index is 2.72. The molecule has 0 atom stereocenters. The van der Waals surface area contributed by atoms with Crippen molar-refractivity contribution in [2.75, 3.05) is 6.26 Å². The fourth-order valence-corrected chi connectivity index (χ4v) is 4.50. The lowest BCUT2D eigenvalue weighted by molar-refractivity contribution is -0.132. The van der Waals surface area contributed by atoms with Gasteiger partial charge in [0.1, 0.15) is 5.56 Å². The number of hydrogen-bond acceptors (Lipinski definition) is 6. The number of rotatable bonds is 4. The number of sulfone groups is 1. The zero-order chi connectivity index (χ0) is 20.0. The number of ether oxygens (including phenoxy) is 1. The number of benzene rings is 1. The second-order valence-electron chi connectivity index (χ2n) is 6.40. The van der Waals surface area contributed by atoms with Crippen molar-refractivity contribution in [3.63, 3.8) is 0 Å². The van der Waals surface area contributed by atoms with Crippen LogP contribution in [0.15, 0.2) is 11.0 Å². The van der Waals surface area contributed by atoms with Gasteiger partial charge < -0.3 is 4.74 Å². The molecule has 0 radical (unpaired) electrons. The minimum atomic E-state index is -3.42. The topological polar surface area (TPSA) is 95.3 Å². The van der Waals surface area contributed by atoms with E-state index in [1.165, 1.54) is 11.6 Å². The highest BCUT2D eigenvalue weighted by molar-refractivity contribution is 7.90. The third-order valence-electron chi connectivity index (χ3n) is 4.28. The minimum absolute atomic E-state index is 0.0712. The molecule has 2 rings (SSSR count). The molecular formula is C18H22N2O5S. The molecule has 2 aromatic rings. The van der Waals surface area contributed by atoms with Gasteiger partial charge >= 0.3 is 5.97 Å². The van der Waals surface area contributed by atoms with Crippen LogP contribution < -0.4 is 4.74 Å². The van der Waals surface area contributed by atoms with Crippen molar-refractivity contribution < 1.29 is 22.7 Å². The Morgan fingerprint density at radius 3 is 2.19 bits per heavy atom. The summed E-state index contributed by atoms with van der Waals surface area (Å²) >= 11 is 0. The van der Waals surface area contributed by atoms with E-state index in [0.717, 1.165) is 6.26 Å². The van der Waals surface area contributed by atoms with E-state index >= 15 is 0 Å². The lowest BCUT2D eigenvalue weighted by Crippen LogP contribution is -2.13. The maximum absolute atomic E-state index is 13.2. The highest BCUT2D eigenvalue weighted by Crippen LogP contribution is 2.31. The summed E-state index contributed by atoms with van der Waals surface area (Å²) < 4.78 is 30.6. The Bertz CT molecular complexity index is 1030. The van der Waals surface area contributed by atoms with Crippen LogP contribution in [0.5, 0.6) is 5.88 Å². The van der Waals surface area contributed by atoms with Crippen LogP contribution in [-0.4, -0.2) is 36.2 Å². The SMILES string of the molecule is CC(=O)Oc1c(C(=O)c2cc(C)c(S(C)(=O)=O)c(C)c2C)c(C)nn1C. The molecule has 7 nitrogen and oxygen atoms in total. The predicted molar refractivity (Wildman–Crippen MR) is 96.4 cm³/mol. The van der Waals surface area contributed by atoms with Gasteiger partial charge in [-0.05, 0) is 50.5 Å². The Morgan fingerprint density at radius 2 is 1.69 bits per heavy atom. The maximum atomic E-state index is 13.2. The second-order valence-corrected chi connectivity index (χ2v) is 8.36. The summed E-state index contributed by atoms with van der Waals surface area (Å²) in [5.74, 6) is -0.851. The van der Waals surface area contributed by atoms with E-state index in [1.54, 1.807) is 40.8 Å². The van der Waals surface area contributed by atoms with Crippen LogP contribution in [0.4, 0.5) is 0 Å². The van der Waals surface area contributed by atoms with Crippen LogP contribution in [0.2, 0.25) is 0 Å². The number of ketones is 1. The molecule has 26 heavy (non-hydrogen) atoms. The van der Waals surface area contributed by atoms with Gasteiger partial charge in [0.2, 0.25) is 11.7 Å². The van der Waals surface area contributed by atoms with Gasteiger partial charge in [0, 0.05) is 25.8 Å². The highest BCUT2D eigenvalue weighted by Gasteiger charge is 2.27. The number of esters is 1. The van der Waals surface area contributed by atoms with Gasteiger partial charge in [-0.1, -0.05) is 0 Å². The molecule has 0 aliphatic rings. The summed E-state index contributed by atoms with van der Waals surface area (Å²) in [7, 11) is -1.84. The zero-order valence-electron chi connectivity index (χ0n) is 15.9. The van der Waals surface area contributed by atoms with Crippen molar-refractivity contribution in [3.05, 3.63) is 39.6 Å². The Hall–Kier alpha value is -2.48. The number of hydrogen-bond donors (Lipinski definition) is 0. The van der Waals surface area contributed by atoms with Crippen LogP contribution in [0, 0.1) is 27.7 Å². The molecule has 0 saturated heterocycles. The molecule has 0 unspecified atom stereocenters. The smallest absolute Gasteiger partial charge is 0.309 e. The summed E-state index contributed by atoms with van der Waals surface area (Å²) in [5.41, 5.74) is 2.57. The third-order valence-corrected chi connectivity index (χ3v) is 5.65. The first-order valence-corrected chi connectivity index (χ1v) is 9.83. The fourth-order valence-electron chi connectivity index (χ4n) is 3.15. The summed E-state index contributed by atoms with van der Waals surface area (Å²) in [4.78, 5) is 24.8. The summed E-state index contributed by atoms with van der Waals surface area (Å²) in [5, 5.41) is 4.16. The molecule has 0 saturated carbocycles. The number of aryl methyl sites for hydroxylation is 3. The average molecular weight is 378 g/mol. The van der Waals surface area contributed by atoms with Gasteiger partial charge in [-0.2, -0.15) is 5.10 Å². The van der Waals surface area contributed by atoms with E-state index < -0.39 is 15.8 Å². The van der Waals surface area contributed by atoms with E-state index in [0.29, 0.717) is 27.9 Å². The van der Waals surface area contributed by atoms with E-state index in [2.05, 4.69) is 5.10 Å². The molecule has 0 amide bonds. The first kappa shape index (κ1) is 19.8. The molecule has 1 heterocycles. The van der Waals surface area contributed by atoms with Crippen LogP contribution in [-0.2, 0) is 21.7 Å². The fraction of sp³-hybridized carbons (Fsp3) is 0.389. The monoisotopic (exact) mass is 378 g/mol. The molecule has 0 aliphatic carbocycles. The van der Waals surface area contributed by atoms with Gasteiger partial charge in [-0.25, -0.2) is 13.1 Å². The zero-order valence-corrected chi connectivity index (χ0v) is 16.7. The van der Waals surface area contributed by atoms with Crippen LogP contribution >= 0.6 is 0 Å². The molecule has 140 valence electrons. The van der Waals surface area contributed by atoms with E-state index in [-0.39, 0.29) is 22.1 Å². The Kier molecular flexibility index (Phi) is 5.10. The normalized spacial score (nSPS) is 11.5. The van der Waals surface area contributed by atoms with E-state index in [4.69, 9.17) is 4.74 Å². The minimum Gasteiger partial charge on any atom is -0.407 e. The van der Waals surface area contributed by atoms with Gasteiger partial charge in [0.15, 0.2) is 9.84 Å². The lowest BCUT2D eigenvalue weighted by atomic mass is 9.94. The standard InChI is InChI=1S/C18H22N2O5S/c1-9-8-14(10(2)11(3)17(9)26(7,23)24)16(22)15-12(4)19-20(6)18(15)25-13(5)21/h8H,1-7H3.